The van der Waals surface area contributed by atoms with Gasteiger partial charge >= 0.3 is 0 Å². The topological polar surface area (TPSA) is 45.7 Å². The van der Waals surface area contributed by atoms with Crippen LogP contribution in [0.15, 0.2) is 42.5 Å². The van der Waals surface area contributed by atoms with E-state index in [2.05, 4.69) is 22.9 Å². The molecule has 1 aromatic heterocycles. The van der Waals surface area contributed by atoms with Crippen molar-refractivity contribution >= 4 is 44.2 Å². The van der Waals surface area contributed by atoms with Gasteiger partial charge < -0.3 is 9.64 Å². The quantitative estimate of drug-likeness (QED) is 0.536. The lowest BCUT2D eigenvalue weighted by Crippen LogP contribution is -2.36. The van der Waals surface area contributed by atoms with E-state index < -0.39 is 0 Å². The zero-order valence-electron chi connectivity index (χ0n) is 16.3. The third kappa shape index (κ3) is 5.44. The monoisotopic (exact) mass is 417 g/mol. The predicted octanol–water partition coefficient (Wildman–Crippen LogP) is 4.62. The number of hydrogen-bond donors (Lipinski definition) is 0. The van der Waals surface area contributed by atoms with Crippen LogP contribution in [0, 0.1) is 6.92 Å². The smallest absolute Gasteiger partial charge is 0.266 e. The highest BCUT2D eigenvalue weighted by atomic mass is 35.5. The first-order valence-corrected chi connectivity index (χ1v) is 10.3. The number of carbonyl (C=O) groups excluding carboxylic acids is 1. The molecule has 0 N–H and O–H groups in total. The van der Waals surface area contributed by atoms with Crippen molar-refractivity contribution in [3.63, 3.8) is 0 Å². The van der Waals surface area contributed by atoms with Crippen molar-refractivity contribution in [2.45, 2.75) is 13.3 Å². The maximum Gasteiger partial charge on any atom is 0.266 e. The molecular weight excluding hydrogens is 394 g/mol. The maximum atomic E-state index is 12.9. The number of aryl methyl sites for hydroxylation is 1. The molecular formula is C21H24ClN3O2S. The van der Waals surface area contributed by atoms with E-state index in [9.17, 15) is 4.79 Å². The van der Waals surface area contributed by atoms with Gasteiger partial charge in [0.15, 0.2) is 11.7 Å². The lowest BCUT2D eigenvalue weighted by molar-refractivity contribution is -0.120. The second-order valence-electron chi connectivity index (χ2n) is 6.91. The van der Waals surface area contributed by atoms with E-state index in [1.165, 1.54) is 16.9 Å². The second kappa shape index (κ2) is 9.37. The minimum Gasteiger partial charge on any atom is -0.484 e. The van der Waals surface area contributed by atoms with Crippen molar-refractivity contribution in [3.05, 3.63) is 53.1 Å². The first-order valence-electron chi connectivity index (χ1n) is 9.13. The Kier molecular flexibility index (Phi) is 6.88. The molecule has 0 saturated heterocycles. The summed E-state index contributed by atoms with van der Waals surface area (Å²) in [5.41, 5.74) is 2.09. The molecule has 0 aliphatic rings. The average molecular weight is 418 g/mol. The minimum atomic E-state index is -0.107. The summed E-state index contributed by atoms with van der Waals surface area (Å²) in [5.74, 6) is 0.510. The Hall–Kier alpha value is -2.15. The molecule has 0 radical (unpaired) electrons. The van der Waals surface area contributed by atoms with E-state index in [1.54, 1.807) is 29.2 Å². The number of thiazole rings is 1. The summed E-state index contributed by atoms with van der Waals surface area (Å²) in [5, 5.41) is 1.35. The zero-order valence-corrected chi connectivity index (χ0v) is 17.9. The predicted molar refractivity (Wildman–Crippen MR) is 117 cm³/mol. The highest BCUT2D eigenvalue weighted by Gasteiger charge is 2.20. The molecule has 1 amide bonds. The van der Waals surface area contributed by atoms with Crippen LogP contribution in [0.4, 0.5) is 5.13 Å². The lowest BCUT2D eigenvalue weighted by atomic mass is 10.2. The van der Waals surface area contributed by atoms with Crippen LogP contribution in [-0.4, -0.2) is 49.6 Å². The van der Waals surface area contributed by atoms with Crippen LogP contribution >= 0.6 is 22.9 Å². The van der Waals surface area contributed by atoms with Crippen molar-refractivity contribution in [2.24, 2.45) is 0 Å². The van der Waals surface area contributed by atoms with E-state index in [0.29, 0.717) is 22.4 Å². The van der Waals surface area contributed by atoms with Gasteiger partial charge in [0.2, 0.25) is 0 Å². The van der Waals surface area contributed by atoms with Gasteiger partial charge in [0.1, 0.15) is 5.75 Å². The van der Waals surface area contributed by atoms with Gasteiger partial charge in [0, 0.05) is 11.6 Å². The number of carbonyl (C=O) groups is 1. The molecule has 0 bridgehead atoms. The number of benzene rings is 2. The molecule has 3 rings (SSSR count). The van der Waals surface area contributed by atoms with Gasteiger partial charge in [-0.1, -0.05) is 29.0 Å². The van der Waals surface area contributed by atoms with E-state index >= 15 is 0 Å². The van der Waals surface area contributed by atoms with E-state index in [-0.39, 0.29) is 12.5 Å². The number of aromatic nitrogens is 1. The highest BCUT2D eigenvalue weighted by molar-refractivity contribution is 7.22. The Morgan fingerprint density at radius 3 is 2.61 bits per heavy atom. The number of nitrogens with zero attached hydrogens (tertiary/aromatic N) is 3. The fourth-order valence-electron chi connectivity index (χ4n) is 2.76. The molecule has 148 valence electrons. The molecule has 1 heterocycles. The maximum absolute atomic E-state index is 12.9. The first kappa shape index (κ1) is 20.6. The van der Waals surface area contributed by atoms with Crippen LogP contribution in [0.1, 0.15) is 12.0 Å². The molecule has 0 spiro atoms. The van der Waals surface area contributed by atoms with Crippen molar-refractivity contribution in [3.8, 4) is 5.75 Å². The summed E-state index contributed by atoms with van der Waals surface area (Å²) in [6.07, 6.45) is 0.856. The summed E-state index contributed by atoms with van der Waals surface area (Å²) in [7, 11) is 4.05. The minimum absolute atomic E-state index is 0.0431. The normalized spacial score (nSPS) is 11.2. The summed E-state index contributed by atoms with van der Waals surface area (Å²) < 4.78 is 6.74. The molecule has 2 aromatic carbocycles. The summed E-state index contributed by atoms with van der Waals surface area (Å²) in [6.45, 7) is 3.50. The Labute approximate surface area is 174 Å². The second-order valence-corrected chi connectivity index (χ2v) is 8.36. The van der Waals surface area contributed by atoms with Crippen LogP contribution in [-0.2, 0) is 4.79 Å². The molecule has 0 aliphatic carbocycles. The average Bonchev–Trinajstić information content (AvgIpc) is 3.07. The SMILES string of the molecule is Cc1ccc2nc(N(CCCN(C)C)C(=O)COc3ccc(Cl)cc3)sc2c1. The molecule has 5 nitrogen and oxygen atoms in total. The van der Waals surface area contributed by atoms with E-state index in [4.69, 9.17) is 16.3 Å². The van der Waals surface area contributed by atoms with Crippen molar-refractivity contribution in [1.29, 1.82) is 0 Å². The fourth-order valence-corrected chi connectivity index (χ4v) is 3.99. The Morgan fingerprint density at radius 1 is 1.14 bits per heavy atom. The summed E-state index contributed by atoms with van der Waals surface area (Å²) >= 11 is 7.43. The Balaban J connectivity index is 1.76. The summed E-state index contributed by atoms with van der Waals surface area (Å²) in [6, 6.07) is 13.1. The summed E-state index contributed by atoms with van der Waals surface area (Å²) in [4.78, 5) is 21.4. The van der Waals surface area contributed by atoms with Crippen LogP contribution in [0.2, 0.25) is 5.02 Å². The van der Waals surface area contributed by atoms with Gasteiger partial charge in [-0.25, -0.2) is 4.98 Å². The van der Waals surface area contributed by atoms with E-state index in [0.717, 1.165) is 23.2 Å². The van der Waals surface area contributed by atoms with Crippen molar-refractivity contribution in [1.82, 2.24) is 9.88 Å². The van der Waals surface area contributed by atoms with Gasteiger partial charge in [-0.15, -0.1) is 0 Å². The third-order valence-electron chi connectivity index (χ3n) is 4.23. The molecule has 0 fully saturated rings. The van der Waals surface area contributed by atoms with Gasteiger partial charge in [-0.3, -0.25) is 9.69 Å². The number of amides is 1. The lowest BCUT2D eigenvalue weighted by Gasteiger charge is -2.21. The van der Waals surface area contributed by atoms with E-state index in [1.807, 2.05) is 26.2 Å². The largest absolute Gasteiger partial charge is 0.484 e. The van der Waals surface area contributed by atoms with Crippen LogP contribution in [0.25, 0.3) is 10.2 Å². The van der Waals surface area contributed by atoms with Crippen LogP contribution < -0.4 is 9.64 Å². The van der Waals surface area contributed by atoms with Crippen LogP contribution in [0.3, 0.4) is 0 Å². The number of rotatable bonds is 8. The molecule has 0 aliphatic heterocycles. The van der Waals surface area contributed by atoms with Gasteiger partial charge in [-0.2, -0.15) is 0 Å². The van der Waals surface area contributed by atoms with Gasteiger partial charge in [0.05, 0.1) is 10.2 Å². The van der Waals surface area contributed by atoms with Crippen molar-refractivity contribution < 1.29 is 9.53 Å². The zero-order chi connectivity index (χ0) is 20.1. The molecule has 0 saturated carbocycles. The van der Waals surface area contributed by atoms with Gasteiger partial charge in [0.25, 0.3) is 5.91 Å². The number of fused-ring (bicyclic) bond motifs is 1. The molecule has 7 heteroatoms. The molecule has 3 aromatic rings. The van der Waals surface area contributed by atoms with Crippen molar-refractivity contribution in [2.75, 3.05) is 38.7 Å². The van der Waals surface area contributed by atoms with Crippen LogP contribution in [0.5, 0.6) is 5.75 Å². The number of anilines is 1. The fraction of sp³-hybridized carbons (Fsp3) is 0.333. The molecule has 0 atom stereocenters. The number of ether oxygens (including phenoxy) is 1. The third-order valence-corrected chi connectivity index (χ3v) is 5.52. The molecule has 0 unspecified atom stereocenters. The Morgan fingerprint density at radius 2 is 1.89 bits per heavy atom. The first-order chi connectivity index (χ1) is 13.4. The Bertz CT molecular complexity index is 940. The van der Waals surface area contributed by atoms with Gasteiger partial charge in [-0.05, 0) is 75.9 Å². The number of hydrogen-bond acceptors (Lipinski definition) is 5. The standard InChI is InChI=1S/C21H24ClN3O2S/c1-15-5-10-18-19(13-15)28-21(23-18)25(12-4-11-24(2)3)20(26)14-27-17-8-6-16(22)7-9-17/h5-10,13H,4,11-12,14H2,1-3H3. The highest BCUT2D eigenvalue weighted by Crippen LogP contribution is 2.30. The number of halogens is 1. The molecule has 28 heavy (non-hydrogen) atoms.